The number of sulfone groups is 1. The van der Waals surface area contributed by atoms with Crippen LogP contribution in [0.1, 0.15) is 58.8 Å². The highest BCUT2D eigenvalue weighted by molar-refractivity contribution is 7.92. The van der Waals surface area contributed by atoms with Crippen molar-refractivity contribution in [3.05, 3.63) is 30.3 Å². The third-order valence-electron chi connectivity index (χ3n) is 10.3. The third kappa shape index (κ3) is 2.39. The van der Waals surface area contributed by atoms with Gasteiger partial charge in [-0.05, 0) is 80.2 Å². The number of hydrogen-bond donors (Lipinski definition) is 1. The molecule has 1 spiro atoms. The number of aliphatic hydroxyl groups is 1. The van der Waals surface area contributed by atoms with Gasteiger partial charge in [-0.2, -0.15) is 0 Å². The maximum atomic E-state index is 13.5. The van der Waals surface area contributed by atoms with Crippen LogP contribution in [-0.2, 0) is 19.4 Å². The maximum Gasteiger partial charge on any atom is 0.188 e. The minimum absolute atomic E-state index is 0.0220. The average Bonchev–Trinajstić information content (AvgIpc) is 3.43. The summed E-state index contributed by atoms with van der Waals surface area (Å²) in [5.41, 5.74) is -0.819. The molecule has 4 saturated carbocycles. The first kappa shape index (κ1) is 20.4. The van der Waals surface area contributed by atoms with Gasteiger partial charge in [0.05, 0.1) is 11.0 Å². The summed E-state index contributed by atoms with van der Waals surface area (Å²) in [4.78, 5) is 13.5. The van der Waals surface area contributed by atoms with Crippen LogP contribution in [0.5, 0.6) is 0 Å². The largest absolute Gasteiger partial charge is 0.393 e. The summed E-state index contributed by atoms with van der Waals surface area (Å²) in [6.45, 7) is 4.46. The molecule has 4 unspecified atom stereocenters. The lowest BCUT2D eigenvalue weighted by Gasteiger charge is -2.59. The summed E-state index contributed by atoms with van der Waals surface area (Å²) >= 11 is 0. The molecule has 1 aromatic carbocycles. The van der Waals surface area contributed by atoms with E-state index in [1.54, 1.807) is 30.3 Å². The van der Waals surface area contributed by atoms with Gasteiger partial charge in [0.2, 0.25) is 0 Å². The smallest absolute Gasteiger partial charge is 0.188 e. The number of rotatable bonds is 2. The standard InChI is InChI=1S/C25H32O5S/c1-23-12-11-18-16(17(23)8-9-20(23)26)10-13-25-22(30-25)21(27)19(14-24(18,25)2)31(28,29)15-6-4-3-5-7-15/h3-7,16-20,22,26H,8-14H2,1-2H3/t16?,17?,18?,19?,20-,22+,23-,24+,25+/m0/s1. The van der Waals surface area contributed by atoms with Gasteiger partial charge in [-0.3, -0.25) is 4.79 Å². The monoisotopic (exact) mass is 444 g/mol. The Kier molecular flexibility index (Phi) is 4.08. The fourth-order valence-electron chi connectivity index (χ4n) is 8.54. The van der Waals surface area contributed by atoms with E-state index in [4.69, 9.17) is 4.74 Å². The Bertz CT molecular complexity index is 1040. The second-order valence-corrected chi connectivity index (χ2v) is 13.4. The van der Waals surface area contributed by atoms with E-state index >= 15 is 0 Å². The molecular weight excluding hydrogens is 412 g/mol. The fourth-order valence-corrected chi connectivity index (χ4v) is 10.4. The highest BCUT2D eigenvalue weighted by Gasteiger charge is 2.79. The SMILES string of the molecule is C[C@]12CCC3C(CC[C@@]45O[C@@H]4C(=O)C(S(=O)(=O)c4ccccc4)C[C@]35C)C1CC[C@@H]2O. The second kappa shape index (κ2) is 6.21. The zero-order valence-corrected chi connectivity index (χ0v) is 19.1. The first-order valence-corrected chi connectivity index (χ1v) is 13.4. The summed E-state index contributed by atoms with van der Waals surface area (Å²) in [5, 5.41) is 9.66. The molecule has 5 fully saturated rings. The number of hydrogen-bond acceptors (Lipinski definition) is 5. The van der Waals surface area contributed by atoms with Crippen molar-refractivity contribution in [2.75, 3.05) is 0 Å². The summed E-state index contributed by atoms with van der Waals surface area (Å²) in [7, 11) is -3.76. The highest BCUT2D eigenvalue weighted by atomic mass is 32.2. The average molecular weight is 445 g/mol. The van der Waals surface area contributed by atoms with Gasteiger partial charge >= 0.3 is 0 Å². The normalized spacial score (nSPS) is 50.7. The van der Waals surface area contributed by atoms with Gasteiger partial charge in [0.1, 0.15) is 17.0 Å². The van der Waals surface area contributed by atoms with Crippen molar-refractivity contribution in [2.45, 2.75) is 86.7 Å². The van der Waals surface area contributed by atoms with Crippen molar-refractivity contribution < 1.29 is 23.1 Å². The molecule has 31 heavy (non-hydrogen) atoms. The first-order valence-electron chi connectivity index (χ1n) is 11.8. The molecule has 4 aliphatic carbocycles. The Labute approximate surface area is 184 Å². The summed E-state index contributed by atoms with van der Waals surface area (Å²) in [5.74, 6) is 1.06. The predicted octanol–water partition coefficient (Wildman–Crippen LogP) is 3.54. The van der Waals surface area contributed by atoms with Crippen LogP contribution in [0.2, 0.25) is 0 Å². The van der Waals surface area contributed by atoms with Crippen LogP contribution < -0.4 is 0 Å². The lowest BCUT2D eigenvalue weighted by atomic mass is 9.45. The first-order chi connectivity index (χ1) is 14.7. The fraction of sp³-hybridized carbons (Fsp3) is 0.720. The molecule has 168 valence electrons. The van der Waals surface area contributed by atoms with Crippen LogP contribution >= 0.6 is 0 Å². The van der Waals surface area contributed by atoms with Crippen molar-refractivity contribution in [1.82, 2.24) is 0 Å². The van der Waals surface area contributed by atoms with Crippen LogP contribution in [0.4, 0.5) is 0 Å². The van der Waals surface area contributed by atoms with Crippen LogP contribution in [-0.4, -0.2) is 42.4 Å². The zero-order chi connectivity index (χ0) is 21.8. The van der Waals surface area contributed by atoms with Crippen LogP contribution in [0.25, 0.3) is 0 Å². The molecular formula is C25H32O5S. The van der Waals surface area contributed by atoms with Crippen molar-refractivity contribution >= 4 is 15.6 Å². The van der Waals surface area contributed by atoms with Gasteiger partial charge in [-0.25, -0.2) is 8.42 Å². The maximum absolute atomic E-state index is 13.5. The molecule has 1 aliphatic heterocycles. The molecule has 6 heteroatoms. The number of fused-ring (bicyclic) bond motifs is 4. The van der Waals surface area contributed by atoms with E-state index in [1.165, 1.54) is 0 Å². The van der Waals surface area contributed by atoms with E-state index in [0.717, 1.165) is 38.5 Å². The molecule has 1 heterocycles. The van der Waals surface area contributed by atoms with E-state index in [0.29, 0.717) is 24.2 Å². The minimum atomic E-state index is -3.76. The van der Waals surface area contributed by atoms with Gasteiger partial charge < -0.3 is 9.84 Å². The number of Topliss-reactive ketones (excluding diaryl/α,β-unsaturated/α-hetero) is 1. The van der Waals surface area contributed by atoms with Gasteiger partial charge in [0, 0.05) is 5.41 Å². The summed E-state index contributed by atoms with van der Waals surface area (Å²) < 4.78 is 33.2. The molecule has 0 radical (unpaired) electrons. The van der Waals surface area contributed by atoms with E-state index in [-0.39, 0.29) is 27.6 Å². The molecule has 1 saturated heterocycles. The van der Waals surface area contributed by atoms with E-state index < -0.39 is 26.8 Å². The van der Waals surface area contributed by atoms with Gasteiger partial charge in [0.25, 0.3) is 0 Å². The number of carbonyl (C=O) groups is 1. The summed E-state index contributed by atoms with van der Waals surface area (Å²) in [6.07, 6.45) is 5.28. The van der Waals surface area contributed by atoms with E-state index in [1.807, 2.05) is 0 Å². The van der Waals surface area contributed by atoms with Crippen LogP contribution in [0, 0.1) is 28.6 Å². The number of aliphatic hydroxyl groups excluding tert-OH is 1. The van der Waals surface area contributed by atoms with Crippen LogP contribution in [0.15, 0.2) is 35.2 Å². The zero-order valence-electron chi connectivity index (χ0n) is 18.3. The number of epoxide rings is 1. The topological polar surface area (TPSA) is 84.0 Å². The molecule has 5 aliphatic rings. The van der Waals surface area contributed by atoms with Crippen molar-refractivity contribution in [3.8, 4) is 0 Å². The molecule has 0 bridgehead atoms. The Morgan fingerprint density at radius 2 is 1.74 bits per heavy atom. The van der Waals surface area contributed by atoms with Gasteiger partial charge in [-0.1, -0.05) is 32.0 Å². The molecule has 1 N–H and O–H groups in total. The second-order valence-electron chi connectivity index (χ2n) is 11.3. The van der Waals surface area contributed by atoms with Gasteiger partial charge in [-0.15, -0.1) is 0 Å². The molecule has 0 amide bonds. The molecule has 6 rings (SSSR count). The van der Waals surface area contributed by atoms with Crippen LogP contribution in [0.3, 0.4) is 0 Å². The molecule has 0 aromatic heterocycles. The molecule has 5 nitrogen and oxygen atoms in total. The predicted molar refractivity (Wildman–Crippen MR) is 115 cm³/mol. The van der Waals surface area contributed by atoms with E-state index in [9.17, 15) is 18.3 Å². The number of ether oxygens (including phenoxy) is 1. The molecule has 1 aromatic rings. The Morgan fingerprint density at radius 1 is 1.00 bits per heavy atom. The van der Waals surface area contributed by atoms with E-state index in [2.05, 4.69) is 13.8 Å². The molecule has 9 atom stereocenters. The number of ketones is 1. The lowest BCUT2D eigenvalue weighted by molar-refractivity contribution is -0.133. The summed E-state index contributed by atoms with van der Waals surface area (Å²) in [6, 6.07) is 8.40. The highest BCUT2D eigenvalue weighted by Crippen LogP contribution is 2.72. The minimum Gasteiger partial charge on any atom is -0.393 e. The number of benzene rings is 1. The lowest BCUT2D eigenvalue weighted by Crippen LogP contribution is -2.61. The Balaban J connectivity index is 1.38. The van der Waals surface area contributed by atoms with Crippen molar-refractivity contribution in [2.24, 2.45) is 28.6 Å². The van der Waals surface area contributed by atoms with Crippen molar-refractivity contribution in [1.29, 1.82) is 0 Å². The van der Waals surface area contributed by atoms with Gasteiger partial charge in [0.15, 0.2) is 15.6 Å². The third-order valence-corrected chi connectivity index (χ3v) is 12.4. The quantitative estimate of drug-likeness (QED) is 0.706. The number of carbonyl (C=O) groups excluding carboxylic acids is 1. The Morgan fingerprint density at radius 3 is 2.48 bits per heavy atom. The van der Waals surface area contributed by atoms with Crippen molar-refractivity contribution in [3.63, 3.8) is 0 Å². The Hall–Kier alpha value is -1.24.